The molecule has 0 radical (unpaired) electrons. The fraction of sp³-hybridized carbons (Fsp3) is 0.100. The molecule has 3 aromatic rings. The van der Waals surface area contributed by atoms with Crippen LogP contribution in [0.1, 0.15) is 5.56 Å². The van der Waals surface area contributed by atoms with Gasteiger partial charge < -0.3 is 10.7 Å². The van der Waals surface area contributed by atoms with Crippen molar-refractivity contribution in [2.24, 2.45) is 0 Å². The van der Waals surface area contributed by atoms with Crippen LogP contribution in [0.15, 0.2) is 23.2 Å². The topological polar surface area (TPSA) is 85.4 Å². The van der Waals surface area contributed by atoms with Crippen molar-refractivity contribution in [1.29, 1.82) is 0 Å². The van der Waals surface area contributed by atoms with Crippen LogP contribution in [0.25, 0.3) is 16.9 Å². The molecular formula is C10H9BrN6. The van der Waals surface area contributed by atoms with Gasteiger partial charge in [-0.1, -0.05) is 0 Å². The lowest BCUT2D eigenvalue weighted by Crippen LogP contribution is -1.93. The van der Waals surface area contributed by atoms with Crippen molar-refractivity contribution in [2.75, 3.05) is 5.73 Å². The Morgan fingerprint density at radius 2 is 2.24 bits per heavy atom. The first kappa shape index (κ1) is 10.3. The zero-order valence-corrected chi connectivity index (χ0v) is 10.6. The lowest BCUT2D eigenvalue weighted by atomic mass is 10.2. The molecule has 0 saturated heterocycles. The zero-order chi connectivity index (χ0) is 12.0. The van der Waals surface area contributed by atoms with Gasteiger partial charge in [-0.25, -0.2) is 14.6 Å². The number of fused-ring (bicyclic) bond motifs is 1. The lowest BCUT2D eigenvalue weighted by Gasteiger charge is -1.97. The number of aryl methyl sites for hydroxylation is 1. The van der Waals surface area contributed by atoms with Crippen molar-refractivity contribution in [3.05, 3.63) is 28.8 Å². The molecule has 0 aromatic carbocycles. The van der Waals surface area contributed by atoms with Crippen molar-refractivity contribution in [2.45, 2.75) is 6.92 Å². The minimum atomic E-state index is 0.541. The lowest BCUT2D eigenvalue weighted by molar-refractivity contribution is 0.848. The molecule has 0 amide bonds. The summed E-state index contributed by atoms with van der Waals surface area (Å²) in [5.74, 6) is 1.35. The van der Waals surface area contributed by atoms with Gasteiger partial charge in [0.15, 0.2) is 0 Å². The van der Waals surface area contributed by atoms with Crippen molar-refractivity contribution >= 4 is 32.8 Å². The van der Waals surface area contributed by atoms with E-state index in [0.717, 1.165) is 22.4 Å². The number of rotatable bonds is 1. The van der Waals surface area contributed by atoms with Gasteiger partial charge in [0.25, 0.3) is 0 Å². The monoisotopic (exact) mass is 292 g/mol. The van der Waals surface area contributed by atoms with Crippen LogP contribution in [0, 0.1) is 6.92 Å². The molecule has 3 rings (SSSR count). The van der Waals surface area contributed by atoms with E-state index in [1.165, 1.54) is 0 Å². The summed E-state index contributed by atoms with van der Waals surface area (Å²) in [5, 5.41) is 4.15. The van der Waals surface area contributed by atoms with Gasteiger partial charge in [0.05, 0.1) is 11.0 Å². The van der Waals surface area contributed by atoms with Gasteiger partial charge in [0.2, 0.25) is 4.73 Å². The van der Waals surface area contributed by atoms with Crippen LogP contribution in [-0.4, -0.2) is 24.7 Å². The van der Waals surface area contributed by atoms with Crippen LogP contribution in [0.2, 0.25) is 0 Å². The average molecular weight is 293 g/mol. The van der Waals surface area contributed by atoms with Crippen molar-refractivity contribution in [3.63, 3.8) is 0 Å². The smallest absolute Gasteiger partial charge is 0.217 e. The Kier molecular flexibility index (Phi) is 2.15. The fourth-order valence-electron chi connectivity index (χ4n) is 1.64. The number of pyridine rings is 1. The number of nitrogens with two attached hydrogens (primary N) is 1. The number of nitrogens with one attached hydrogen (secondary N) is 1. The molecule has 17 heavy (non-hydrogen) atoms. The summed E-state index contributed by atoms with van der Waals surface area (Å²) in [5.41, 5.74) is 8.46. The Morgan fingerprint density at radius 1 is 1.41 bits per heavy atom. The summed E-state index contributed by atoms with van der Waals surface area (Å²) in [6, 6.07) is 3.85. The van der Waals surface area contributed by atoms with E-state index >= 15 is 0 Å². The van der Waals surface area contributed by atoms with Gasteiger partial charge in [-0.05, 0) is 34.5 Å². The molecule has 0 spiro atoms. The summed E-state index contributed by atoms with van der Waals surface area (Å²) in [7, 11) is 0. The van der Waals surface area contributed by atoms with Gasteiger partial charge in [-0.2, -0.15) is 0 Å². The maximum Gasteiger partial charge on any atom is 0.217 e. The second-order valence-electron chi connectivity index (χ2n) is 3.74. The number of hydrogen-bond acceptors (Lipinski definition) is 4. The largest absolute Gasteiger partial charge is 0.383 e. The molecule has 0 unspecified atom stereocenters. The van der Waals surface area contributed by atoms with Crippen LogP contribution < -0.4 is 5.73 Å². The fourth-order valence-corrected chi connectivity index (χ4v) is 1.90. The third-order valence-electron chi connectivity index (χ3n) is 2.53. The molecule has 3 heterocycles. The van der Waals surface area contributed by atoms with Gasteiger partial charge in [-0.3, -0.25) is 0 Å². The minimum absolute atomic E-state index is 0.541. The van der Waals surface area contributed by atoms with E-state index in [2.05, 4.69) is 36.0 Å². The molecule has 7 heteroatoms. The van der Waals surface area contributed by atoms with Gasteiger partial charge in [0.1, 0.15) is 18.0 Å². The van der Waals surface area contributed by atoms with Crippen LogP contribution in [-0.2, 0) is 0 Å². The highest BCUT2D eigenvalue weighted by molar-refractivity contribution is 9.10. The van der Waals surface area contributed by atoms with Crippen molar-refractivity contribution in [1.82, 2.24) is 24.7 Å². The SMILES string of the molecule is Cc1cc2[nH]c(-n3cnc(Br)n3)cc2nc1N. The Morgan fingerprint density at radius 3 is 2.94 bits per heavy atom. The van der Waals surface area contributed by atoms with E-state index < -0.39 is 0 Å². The molecule has 0 aliphatic heterocycles. The van der Waals surface area contributed by atoms with E-state index in [-0.39, 0.29) is 0 Å². The highest BCUT2D eigenvalue weighted by Crippen LogP contribution is 2.20. The van der Waals surface area contributed by atoms with Crippen molar-refractivity contribution in [3.8, 4) is 5.82 Å². The van der Waals surface area contributed by atoms with Gasteiger partial charge >= 0.3 is 0 Å². The quantitative estimate of drug-likeness (QED) is 0.716. The standard InChI is InChI=1S/C10H9BrN6/c1-5-2-6-7(15-9(5)12)3-8(14-6)17-4-13-10(11)16-17/h2-4,14H,1H3,(H2,12,15). The molecule has 6 nitrogen and oxygen atoms in total. The number of anilines is 1. The van der Waals surface area contributed by atoms with E-state index in [1.807, 2.05) is 19.1 Å². The minimum Gasteiger partial charge on any atom is -0.383 e. The second-order valence-corrected chi connectivity index (χ2v) is 4.45. The number of H-pyrrole nitrogens is 1. The predicted molar refractivity (Wildman–Crippen MR) is 67.9 cm³/mol. The van der Waals surface area contributed by atoms with E-state index in [1.54, 1.807) is 11.0 Å². The second kappa shape index (κ2) is 3.56. The first-order valence-electron chi connectivity index (χ1n) is 4.97. The normalized spacial score (nSPS) is 11.2. The van der Waals surface area contributed by atoms with Gasteiger partial charge in [-0.15, -0.1) is 5.10 Å². The van der Waals surface area contributed by atoms with Crippen LogP contribution in [0.3, 0.4) is 0 Å². The third kappa shape index (κ3) is 1.68. The highest BCUT2D eigenvalue weighted by atomic mass is 79.9. The Hall–Kier alpha value is -1.89. The first-order chi connectivity index (χ1) is 8.13. The van der Waals surface area contributed by atoms with Crippen LogP contribution in [0.4, 0.5) is 5.82 Å². The average Bonchev–Trinajstić information content (AvgIpc) is 2.85. The number of aromatic nitrogens is 5. The molecule has 0 saturated carbocycles. The number of halogens is 1. The molecule has 0 bridgehead atoms. The van der Waals surface area contributed by atoms with Crippen molar-refractivity contribution < 1.29 is 0 Å². The Bertz CT molecular complexity index is 659. The maximum absolute atomic E-state index is 5.77. The molecule has 86 valence electrons. The van der Waals surface area contributed by atoms with Crippen LogP contribution in [0.5, 0.6) is 0 Å². The number of aromatic amines is 1. The van der Waals surface area contributed by atoms with E-state index in [0.29, 0.717) is 10.6 Å². The summed E-state index contributed by atoms with van der Waals surface area (Å²) in [6.45, 7) is 1.92. The first-order valence-corrected chi connectivity index (χ1v) is 5.76. The summed E-state index contributed by atoms with van der Waals surface area (Å²) < 4.78 is 2.18. The zero-order valence-electron chi connectivity index (χ0n) is 8.98. The number of nitrogen functional groups attached to an aromatic ring is 1. The third-order valence-corrected chi connectivity index (χ3v) is 2.89. The van der Waals surface area contributed by atoms with Gasteiger partial charge in [0, 0.05) is 6.07 Å². The predicted octanol–water partition coefficient (Wildman–Crippen LogP) is 1.80. The molecule has 0 fully saturated rings. The molecule has 3 N–H and O–H groups in total. The molecule has 0 atom stereocenters. The summed E-state index contributed by atoms with van der Waals surface area (Å²) in [6.07, 6.45) is 1.62. The Labute approximate surface area is 105 Å². The molecule has 3 aromatic heterocycles. The van der Waals surface area contributed by atoms with E-state index in [9.17, 15) is 0 Å². The highest BCUT2D eigenvalue weighted by Gasteiger charge is 2.07. The number of hydrogen-bond donors (Lipinski definition) is 2. The molecular weight excluding hydrogens is 284 g/mol. The maximum atomic E-state index is 5.77. The molecule has 0 aliphatic rings. The summed E-state index contributed by atoms with van der Waals surface area (Å²) >= 11 is 3.20. The Balaban J connectivity index is 2.19. The summed E-state index contributed by atoms with van der Waals surface area (Å²) in [4.78, 5) is 11.5. The van der Waals surface area contributed by atoms with Crippen LogP contribution >= 0.6 is 15.9 Å². The number of nitrogens with zero attached hydrogens (tertiary/aromatic N) is 4. The van der Waals surface area contributed by atoms with E-state index in [4.69, 9.17) is 5.73 Å². The molecule has 0 aliphatic carbocycles.